The number of halogens is 1. The first-order valence-electron chi connectivity index (χ1n) is 5.85. The van der Waals surface area contributed by atoms with Crippen molar-refractivity contribution in [3.05, 3.63) is 27.1 Å². The minimum atomic E-state index is -0.472. The molecule has 2 heterocycles. The van der Waals surface area contributed by atoms with E-state index < -0.39 is 4.92 Å². The van der Waals surface area contributed by atoms with Gasteiger partial charge in [0.1, 0.15) is 0 Å². The summed E-state index contributed by atoms with van der Waals surface area (Å²) in [6.45, 7) is 1.94. The second-order valence-electron chi connectivity index (χ2n) is 4.39. The topological polar surface area (TPSA) is 89.5 Å². The molecule has 8 heteroatoms. The van der Waals surface area contributed by atoms with E-state index in [4.69, 9.17) is 5.73 Å². The van der Waals surface area contributed by atoms with Crippen LogP contribution >= 0.6 is 23.7 Å². The van der Waals surface area contributed by atoms with Crippen molar-refractivity contribution in [2.24, 2.45) is 11.7 Å². The Morgan fingerprint density at radius 2 is 2.32 bits per heavy atom. The third-order valence-corrected chi connectivity index (χ3v) is 4.15. The molecule has 2 rings (SSSR count). The van der Waals surface area contributed by atoms with Crippen molar-refractivity contribution in [1.82, 2.24) is 4.90 Å². The number of likely N-dealkylation sites (tertiary alicyclic amines) is 1. The Kier molecular flexibility index (Phi) is 5.71. The maximum atomic E-state index is 12.2. The Hall–Kier alpha value is -1.18. The highest BCUT2D eigenvalue weighted by atomic mass is 35.5. The molecule has 2 N–H and O–H groups in total. The van der Waals surface area contributed by atoms with Crippen LogP contribution in [-0.2, 0) is 0 Å². The first kappa shape index (κ1) is 15.9. The Morgan fingerprint density at radius 3 is 2.89 bits per heavy atom. The lowest BCUT2D eigenvalue weighted by molar-refractivity contribution is -0.380. The molecule has 1 unspecified atom stereocenters. The molecule has 1 atom stereocenters. The first-order chi connectivity index (χ1) is 8.61. The Balaban J connectivity index is 0.00000180. The van der Waals surface area contributed by atoms with E-state index in [1.165, 1.54) is 12.1 Å². The van der Waals surface area contributed by atoms with Crippen LogP contribution in [0.5, 0.6) is 0 Å². The molecule has 1 saturated heterocycles. The average Bonchev–Trinajstić information content (AvgIpc) is 2.87. The Labute approximate surface area is 121 Å². The van der Waals surface area contributed by atoms with Gasteiger partial charge in [-0.3, -0.25) is 14.9 Å². The summed E-state index contributed by atoms with van der Waals surface area (Å²) in [4.78, 5) is 24.5. The van der Waals surface area contributed by atoms with Crippen molar-refractivity contribution >= 4 is 34.7 Å². The molecule has 0 saturated carbocycles. The zero-order chi connectivity index (χ0) is 13.1. The number of carbonyl (C=O) groups is 1. The van der Waals surface area contributed by atoms with E-state index in [1.807, 2.05) is 0 Å². The van der Waals surface area contributed by atoms with Crippen LogP contribution in [-0.4, -0.2) is 35.4 Å². The van der Waals surface area contributed by atoms with Crippen molar-refractivity contribution in [1.29, 1.82) is 0 Å². The maximum absolute atomic E-state index is 12.2. The fourth-order valence-corrected chi connectivity index (χ4v) is 2.93. The summed E-state index contributed by atoms with van der Waals surface area (Å²) in [7, 11) is 0. The molecule has 1 aliphatic heterocycles. The summed E-state index contributed by atoms with van der Waals surface area (Å²) >= 11 is 0.930. The lowest BCUT2D eigenvalue weighted by atomic mass is 9.98. The number of carbonyl (C=O) groups excluding carboxylic acids is 1. The van der Waals surface area contributed by atoms with E-state index in [1.54, 1.807) is 4.90 Å². The molecule has 1 aromatic rings. The lowest BCUT2D eigenvalue weighted by Gasteiger charge is -2.31. The molecule has 0 bridgehead atoms. The van der Waals surface area contributed by atoms with Crippen LogP contribution in [0, 0.1) is 16.0 Å². The van der Waals surface area contributed by atoms with Crippen molar-refractivity contribution < 1.29 is 9.72 Å². The van der Waals surface area contributed by atoms with Gasteiger partial charge in [-0.15, -0.1) is 12.4 Å². The zero-order valence-electron chi connectivity index (χ0n) is 10.3. The number of nitrogens with two attached hydrogens (primary N) is 1. The Morgan fingerprint density at radius 1 is 1.58 bits per heavy atom. The normalized spacial score (nSPS) is 18.8. The van der Waals surface area contributed by atoms with E-state index in [9.17, 15) is 14.9 Å². The van der Waals surface area contributed by atoms with Gasteiger partial charge < -0.3 is 10.6 Å². The van der Waals surface area contributed by atoms with Crippen LogP contribution in [0.1, 0.15) is 22.5 Å². The summed E-state index contributed by atoms with van der Waals surface area (Å²) in [6.07, 6.45) is 1.99. The van der Waals surface area contributed by atoms with Gasteiger partial charge in [0.15, 0.2) is 0 Å². The summed E-state index contributed by atoms with van der Waals surface area (Å²) in [5.41, 5.74) is 5.62. The number of nitrogens with zero attached hydrogens (tertiary/aromatic N) is 2. The Bertz CT molecular complexity index is 466. The van der Waals surface area contributed by atoms with Gasteiger partial charge in [-0.1, -0.05) is 11.3 Å². The number of hydrogen-bond donors (Lipinski definition) is 1. The van der Waals surface area contributed by atoms with Crippen LogP contribution in [0.15, 0.2) is 12.1 Å². The molecule has 19 heavy (non-hydrogen) atoms. The molecule has 0 radical (unpaired) electrons. The first-order valence-corrected chi connectivity index (χ1v) is 6.67. The van der Waals surface area contributed by atoms with Crippen molar-refractivity contribution in [3.63, 3.8) is 0 Å². The van der Waals surface area contributed by atoms with E-state index in [2.05, 4.69) is 0 Å². The largest absolute Gasteiger partial charge is 0.338 e. The monoisotopic (exact) mass is 305 g/mol. The van der Waals surface area contributed by atoms with E-state index in [0.717, 1.165) is 24.2 Å². The number of thiophene rings is 1. The molecular formula is C11H16ClN3O3S. The molecule has 1 aromatic heterocycles. The molecule has 0 aromatic carbocycles. The number of hydrogen-bond acceptors (Lipinski definition) is 5. The van der Waals surface area contributed by atoms with E-state index in [0.29, 0.717) is 30.4 Å². The molecule has 1 fully saturated rings. The summed E-state index contributed by atoms with van der Waals surface area (Å²) in [6, 6.07) is 2.90. The predicted octanol–water partition coefficient (Wildman–Crippen LogP) is 1.89. The molecule has 0 aliphatic carbocycles. The lowest BCUT2D eigenvalue weighted by Crippen LogP contribution is -2.41. The minimum absolute atomic E-state index is 0. The molecule has 1 aliphatic rings. The fourth-order valence-electron chi connectivity index (χ4n) is 2.14. The van der Waals surface area contributed by atoms with Gasteiger partial charge >= 0.3 is 5.00 Å². The molecule has 1 amide bonds. The molecule has 106 valence electrons. The smallest absolute Gasteiger partial charge is 0.324 e. The van der Waals surface area contributed by atoms with E-state index >= 15 is 0 Å². The van der Waals surface area contributed by atoms with Crippen molar-refractivity contribution in [2.75, 3.05) is 19.6 Å². The summed E-state index contributed by atoms with van der Waals surface area (Å²) in [5, 5.41) is 10.6. The number of rotatable bonds is 3. The molecule has 6 nitrogen and oxygen atoms in total. The zero-order valence-corrected chi connectivity index (χ0v) is 11.9. The average molecular weight is 306 g/mol. The van der Waals surface area contributed by atoms with Gasteiger partial charge in [0.05, 0.1) is 9.80 Å². The number of amides is 1. The van der Waals surface area contributed by atoms with Crippen LogP contribution in [0.25, 0.3) is 0 Å². The fraction of sp³-hybridized carbons (Fsp3) is 0.545. The van der Waals surface area contributed by atoms with Crippen LogP contribution in [0.3, 0.4) is 0 Å². The third-order valence-electron chi connectivity index (χ3n) is 3.12. The van der Waals surface area contributed by atoms with Crippen LogP contribution < -0.4 is 5.73 Å². The second kappa shape index (κ2) is 6.83. The highest BCUT2D eigenvalue weighted by Crippen LogP contribution is 2.26. The number of piperidine rings is 1. The van der Waals surface area contributed by atoms with Gasteiger partial charge in [0.2, 0.25) is 0 Å². The number of nitro groups is 1. The van der Waals surface area contributed by atoms with Crippen LogP contribution in [0.2, 0.25) is 0 Å². The summed E-state index contributed by atoms with van der Waals surface area (Å²) < 4.78 is 0. The van der Waals surface area contributed by atoms with Crippen molar-refractivity contribution in [2.45, 2.75) is 12.8 Å². The van der Waals surface area contributed by atoms with Gasteiger partial charge in [-0.2, -0.15) is 0 Å². The van der Waals surface area contributed by atoms with Gasteiger partial charge in [0.25, 0.3) is 5.91 Å². The second-order valence-corrected chi connectivity index (χ2v) is 5.45. The van der Waals surface area contributed by atoms with Gasteiger partial charge in [-0.05, 0) is 31.4 Å². The maximum Gasteiger partial charge on any atom is 0.324 e. The summed E-state index contributed by atoms with van der Waals surface area (Å²) in [5.74, 6) is 0.226. The van der Waals surface area contributed by atoms with Crippen LogP contribution in [0.4, 0.5) is 5.00 Å². The highest BCUT2D eigenvalue weighted by molar-refractivity contribution is 7.17. The van der Waals surface area contributed by atoms with E-state index in [-0.39, 0.29) is 23.3 Å². The standard InChI is InChI=1S/C11H15N3O3S.ClH/c12-6-8-2-1-5-13(7-8)11(15)9-3-4-10(18-9)14(16)17;/h3-4,8H,1-2,5-7,12H2;1H. The van der Waals surface area contributed by atoms with Gasteiger partial charge in [0, 0.05) is 19.2 Å². The van der Waals surface area contributed by atoms with Gasteiger partial charge in [-0.25, -0.2) is 0 Å². The molecular weight excluding hydrogens is 290 g/mol. The predicted molar refractivity (Wildman–Crippen MR) is 75.9 cm³/mol. The third kappa shape index (κ3) is 3.65. The SMILES string of the molecule is Cl.NCC1CCCN(C(=O)c2ccc([N+](=O)[O-])s2)C1. The van der Waals surface area contributed by atoms with Crippen molar-refractivity contribution in [3.8, 4) is 0 Å². The molecule has 0 spiro atoms. The quantitative estimate of drug-likeness (QED) is 0.682. The highest BCUT2D eigenvalue weighted by Gasteiger charge is 2.25. The minimum Gasteiger partial charge on any atom is -0.338 e.